The van der Waals surface area contributed by atoms with Crippen LogP contribution in [0.25, 0.3) is 11.0 Å². The van der Waals surface area contributed by atoms with Gasteiger partial charge in [-0.1, -0.05) is 24.3 Å². The van der Waals surface area contributed by atoms with Gasteiger partial charge < -0.3 is 20.1 Å². The van der Waals surface area contributed by atoms with Gasteiger partial charge in [0.25, 0.3) is 0 Å². The minimum Gasteiger partial charge on any atom is -0.394 e. The first-order chi connectivity index (χ1) is 17.8. The molecule has 5 N–H and O–H groups in total. The Hall–Kier alpha value is -1.99. The number of Topliss-reactive ketones (excluding diaryl/α,β-unsaturated/α-hetero) is 1. The van der Waals surface area contributed by atoms with E-state index in [4.69, 9.17) is 19.5 Å². The molecular formula is C24H34N4O7PS+. The predicted molar refractivity (Wildman–Crippen MR) is 143 cm³/mol. The van der Waals surface area contributed by atoms with Crippen molar-refractivity contribution in [3.05, 3.63) is 59.7 Å². The van der Waals surface area contributed by atoms with Crippen LogP contribution in [0.3, 0.4) is 0 Å². The quantitative estimate of drug-likeness (QED) is 0.0771. The van der Waals surface area contributed by atoms with Crippen LogP contribution in [0.5, 0.6) is 0 Å². The lowest BCUT2D eigenvalue weighted by Crippen LogP contribution is -2.22. The van der Waals surface area contributed by atoms with Crippen molar-refractivity contribution in [2.75, 3.05) is 25.6 Å². The third-order valence-corrected chi connectivity index (χ3v) is 6.90. The number of imidazole rings is 1. The Kier molecular flexibility index (Phi) is 11.4. The molecule has 1 unspecified atom stereocenters. The molecule has 3 rings (SSSR count). The smallest absolute Gasteiger partial charge is 0.394 e. The van der Waals surface area contributed by atoms with Crippen molar-refractivity contribution in [3.8, 4) is 0 Å². The standard InChI is InChI=1S/C24H33N4O7PS/c1-17(15-29)35-23(8-11-34-36(31,32)33-10-2-12-37)28-16-27-24-20(26-9-7-21(24)28)13-22(30)19-5-3-18(14-25)4-6-19/h3-7,9,16-17,23,29,31-32H,2,8,10-15,25H2,1H3/p+1/t17?,23-/m1/s1. The zero-order valence-corrected chi connectivity index (χ0v) is 22.4. The predicted octanol–water partition coefficient (Wildman–Crippen LogP) is 2.62. The second-order valence-corrected chi connectivity index (χ2v) is 10.3. The Morgan fingerprint density at radius 2 is 1.89 bits per heavy atom. The highest BCUT2D eigenvalue weighted by Crippen LogP contribution is 2.52. The molecule has 11 nitrogen and oxygen atoms in total. The van der Waals surface area contributed by atoms with Crippen LogP contribution in [0.15, 0.2) is 42.9 Å². The van der Waals surface area contributed by atoms with Crippen LogP contribution in [0.2, 0.25) is 0 Å². The van der Waals surface area contributed by atoms with Gasteiger partial charge >= 0.3 is 8.17 Å². The highest BCUT2D eigenvalue weighted by Gasteiger charge is 2.39. The maximum absolute atomic E-state index is 12.9. The summed E-state index contributed by atoms with van der Waals surface area (Å²) in [5.74, 6) is 0.448. The second-order valence-electron chi connectivity index (χ2n) is 8.39. The fourth-order valence-corrected chi connectivity index (χ4v) is 4.51. The number of benzene rings is 1. The molecule has 0 fully saturated rings. The van der Waals surface area contributed by atoms with Gasteiger partial charge in [0.15, 0.2) is 5.78 Å². The van der Waals surface area contributed by atoms with Crippen LogP contribution < -0.4 is 5.73 Å². The van der Waals surface area contributed by atoms with E-state index in [-0.39, 0.29) is 38.4 Å². The van der Waals surface area contributed by atoms with Crippen LogP contribution >= 0.6 is 20.8 Å². The molecule has 2 atom stereocenters. The van der Waals surface area contributed by atoms with E-state index in [1.54, 1.807) is 42.2 Å². The highest BCUT2D eigenvalue weighted by atomic mass is 32.1. The van der Waals surface area contributed by atoms with E-state index in [1.807, 2.05) is 12.1 Å². The van der Waals surface area contributed by atoms with Gasteiger partial charge in [-0.3, -0.25) is 9.78 Å². The molecule has 0 saturated carbocycles. The molecule has 2 aromatic heterocycles. The lowest BCUT2D eigenvalue weighted by molar-refractivity contribution is -0.0737. The van der Waals surface area contributed by atoms with Crippen molar-refractivity contribution in [3.63, 3.8) is 0 Å². The number of rotatable bonds is 16. The average Bonchev–Trinajstić information content (AvgIpc) is 3.33. The molecule has 0 radical (unpaired) electrons. The highest BCUT2D eigenvalue weighted by molar-refractivity contribution is 7.80. The average molecular weight is 554 g/mol. The number of nitrogens with zero attached hydrogens (tertiary/aromatic N) is 3. The summed E-state index contributed by atoms with van der Waals surface area (Å²) in [5, 5.41) is 9.52. The molecule has 2 heterocycles. The lowest BCUT2D eigenvalue weighted by Gasteiger charge is -2.23. The molecule has 0 aliphatic heterocycles. The molecule has 0 spiro atoms. The van der Waals surface area contributed by atoms with Crippen molar-refractivity contribution >= 4 is 37.6 Å². The molecule has 13 heteroatoms. The fourth-order valence-electron chi connectivity index (χ4n) is 3.60. The SMILES string of the molecule is CC(CO)O[C@H](CCO[P+](O)(O)OCCCS)n1cnc2c(CC(=O)c3ccc(CN)cc3)nccc21. The molecule has 37 heavy (non-hydrogen) atoms. The van der Waals surface area contributed by atoms with E-state index in [2.05, 4.69) is 22.6 Å². The van der Waals surface area contributed by atoms with Gasteiger partial charge in [0, 0.05) is 24.7 Å². The molecule has 3 aromatic rings. The van der Waals surface area contributed by atoms with E-state index >= 15 is 0 Å². The third kappa shape index (κ3) is 8.51. The Labute approximate surface area is 221 Å². The largest absolute Gasteiger partial charge is 0.569 e. The maximum atomic E-state index is 12.9. The number of pyridine rings is 1. The summed E-state index contributed by atoms with van der Waals surface area (Å²) in [6, 6.07) is 8.89. The normalized spacial score (nSPS) is 13.7. The minimum atomic E-state index is -3.97. The number of aliphatic hydroxyl groups excluding tert-OH is 1. The van der Waals surface area contributed by atoms with E-state index < -0.39 is 20.5 Å². The zero-order chi connectivity index (χ0) is 26.8. The summed E-state index contributed by atoms with van der Waals surface area (Å²) in [4.78, 5) is 41.7. The summed E-state index contributed by atoms with van der Waals surface area (Å²) >= 11 is 4.06. The molecule has 202 valence electrons. The second kappa shape index (κ2) is 14.2. The van der Waals surface area contributed by atoms with Crippen LogP contribution in [0, 0.1) is 0 Å². The fraction of sp³-hybridized carbons (Fsp3) is 0.458. The first-order valence-corrected chi connectivity index (χ1v) is 14.1. The molecular weight excluding hydrogens is 519 g/mol. The monoisotopic (exact) mass is 553 g/mol. The van der Waals surface area contributed by atoms with Gasteiger partial charge in [-0.15, -0.1) is 0 Å². The number of ether oxygens (including phenoxy) is 1. The van der Waals surface area contributed by atoms with E-state index in [0.717, 1.165) is 5.56 Å². The summed E-state index contributed by atoms with van der Waals surface area (Å²) < 4.78 is 17.9. The molecule has 0 saturated heterocycles. The Morgan fingerprint density at radius 1 is 1.16 bits per heavy atom. The molecule has 0 aliphatic rings. The number of fused-ring (bicyclic) bond motifs is 1. The third-order valence-electron chi connectivity index (χ3n) is 5.55. The van der Waals surface area contributed by atoms with E-state index in [1.165, 1.54) is 0 Å². The lowest BCUT2D eigenvalue weighted by atomic mass is 10.0. The first kappa shape index (κ1) is 29.6. The topological polar surface area (TPSA) is 162 Å². The number of nitrogens with two attached hydrogens (primary N) is 1. The number of carbonyl (C=O) groups excluding carboxylic acids is 1. The zero-order valence-electron chi connectivity index (χ0n) is 20.6. The van der Waals surface area contributed by atoms with Crippen molar-refractivity contribution < 1.29 is 33.5 Å². The molecule has 0 amide bonds. The van der Waals surface area contributed by atoms with Crippen molar-refractivity contribution in [2.45, 2.75) is 45.1 Å². The summed E-state index contributed by atoms with van der Waals surface area (Å²) in [7, 11) is -3.97. The summed E-state index contributed by atoms with van der Waals surface area (Å²) in [6.07, 6.45) is 2.82. The Morgan fingerprint density at radius 3 is 2.57 bits per heavy atom. The Bertz CT molecular complexity index is 1150. The first-order valence-electron chi connectivity index (χ1n) is 11.9. The van der Waals surface area contributed by atoms with Gasteiger partial charge in [-0.2, -0.15) is 31.5 Å². The van der Waals surface area contributed by atoms with Gasteiger partial charge in [0.05, 0.1) is 36.7 Å². The summed E-state index contributed by atoms with van der Waals surface area (Å²) in [6.45, 7) is 1.93. The maximum Gasteiger partial charge on any atom is 0.569 e. The van der Waals surface area contributed by atoms with Crippen LogP contribution in [0.4, 0.5) is 0 Å². The van der Waals surface area contributed by atoms with Gasteiger partial charge in [-0.05, 0) is 30.7 Å². The van der Waals surface area contributed by atoms with Crippen molar-refractivity contribution in [2.24, 2.45) is 5.73 Å². The number of hydrogen-bond acceptors (Lipinski definition) is 11. The van der Waals surface area contributed by atoms with Gasteiger partial charge in [-0.25, -0.2) is 4.98 Å². The molecule has 0 aliphatic carbocycles. The molecule has 0 bridgehead atoms. The number of thiol groups is 1. The number of aliphatic hydroxyl groups is 1. The number of hydrogen-bond donors (Lipinski definition) is 5. The van der Waals surface area contributed by atoms with Gasteiger partial charge in [0.1, 0.15) is 25.0 Å². The Balaban J connectivity index is 1.77. The van der Waals surface area contributed by atoms with Crippen LogP contribution in [-0.4, -0.2) is 66.9 Å². The van der Waals surface area contributed by atoms with Crippen LogP contribution in [-0.2, 0) is 26.7 Å². The van der Waals surface area contributed by atoms with Gasteiger partial charge in [0.2, 0.25) is 0 Å². The molecule has 1 aromatic carbocycles. The summed E-state index contributed by atoms with van der Waals surface area (Å²) in [5.41, 5.74) is 8.86. The number of aromatic nitrogens is 3. The van der Waals surface area contributed by atoms with E-state index in [0.29, 0.717) is 41.0 Å². The number of ketones is 1. The van der Waals surface area contributed by atoms with Crippen LogP contribution in [0.1, 0.15) is 47.6 Å². The van der Waals surface area contributed by atoms with Crippen molar-refractivity contribution in [1.29, 1.82) is 0 Å². The van der Waals surface area contributed by atoms with E-state index in [9.17, 15) is 19.7 Å². The van der Waals surface area contributed by atoms with Crippen molar-refractivity contribution in [1.82, 2.24) is 14.5 Å². The minimum absolute atomic E-state index is 0.0592. The number of carbonyl (C=O) groups is 1.